The monoisotopic (exact) mass is 229 g/mol. The minimum Gasteiger partial charge on any atom is -0.317 e. The van der Waals surface area contributed by atoms with Gasteiger partial charge in [-0.1, -0.05) is 18.2 Å². The van der Waals surface area contributed by atoms with E-state index in [0.717, 1.165) is 42.5 Å². The summed E-state index contributed by atoms with van der Waals surface area (Å²) in [5.74, 6) is 0.442. The Bertz CT molecular complexity index is 584. The lowest BCUT2D eigenvalue weighted by Crippen LogP contribution is -2.28. The van der Waals surface area contributed by atoms with Gasteiger partial charge in [-0.15, -0.1) is 0 Å². The Labute approximate surface area is 99.1 Å². The molecule has 1 aliphatic heterocycles. The van der Waals surface area contributed by atoms with Crippen LogP contribution in [0.4, 0.5) is 0 Å². The number of rotatable bonds is 1. The zero-order valence-corrected chi connectivity index (χ0v) is 9.57. The van der Waals surface area contributed by atoms with Crippen LogP contribution < -0.4 is 11.0 Å². The van der Waals surface area contributed by atoms with E-state index in [9.17, 15) is 4.79 Å². The van der Waals surface area contributed by atoms with Gasteiger partial charge in [-0.05, 0) is 32.0 Å². The van der Waals surface area contributed by atoms with Crippen molar-refractivity contribution in [2.24, 2.45) is 0 Å². The fourth-order valence-electron chi connectivity index (χ4n) is 2.55. The molecular weight excluding hydrogens is 214 g/mol. The Balaban J connectivity index is 2.16. The van der Waals surface area contributed by atoms with Crippen molar-refractivity contribution in [3.63, 3.8) is 0 Å². The first kappa shape index (κ1) is 10.5. The predicted molar refractivity (Wildman–Crippen MR) is 67.2 cm³/mol. The van der Waals surface area contributed by atoms with E-state index in [-0.39, 0.29) is 5.69 Å². The van der Waals surface area contributed by atoms with E-state index in [4.69, 9.17) is 0 Å². The molecule has 1 aromatic heterocycles. The summed E-state index contributed by atoms with van der Waals surface area (Å²) in [6.07, 6.45) is 2.15. The highest BCUT2D eigenvalue weighted by Gasteiger charge is 2.18. The Morgan fingerprint density at radius 3 is 2.76 bits per heavy atom. The first-order valence-corrected chi connectivity index (χ1v) is 6.04. The second-order valence-corrected chi connectivity index (χ2v) is 4.50. The quantitative estimate of drug-likeness (QED) is 0.777. The third-order valence-corrected chi connectivity index (χ3v) is 3.41. The molecule has 4 heteroatoms. The highest BCUT2D eigenvalue weighted by Crippen LogP contribution is 2.27. The molecule has 2 aromatic rings. The van der Waals surface area contributed by atoms with Crippen LogP contribution in [0.5, 0.6) is 0 Å². The zero-order valence-electron chi connectivity index (χ0n) is 9.57. The number of para-hydroxylation sites is 1. The molecule has 1 aliphatic rings. The van der Waals surface area contributed by atoms with Crippen molar-refractivity contribution in [1.82, 2.24) is 15.3 Å². The molecule has 17 heavy (non-hydrogen) atoms. The van der Waals surface area contributed by atoms with E-state index < -0.39 is 0 Å². The molecular formula is C13H15N3O. The second-order valence-electron chi connectivity index (χ2n) is 4.50. The molecule has 0 atom stereocenters. The van der Waals surface area contributed by atoms with E-state index in [1.807, 2.05) is 24.3 Å². The number of benzene rings is 1. The summed E-state index contributed by atoms with van der Waals surface area (Å²) in [6.45, 7) is 2.03. The average Bonchev–Trinajstić information content (AvgIpc) is 2.39. The highest BCUT2D eigenvalue weighted by atomic mass is 16.1. The number of fused-ring (bicyclic) bond motifs is 1. The minimum absolute atomic E-state index is 0.239. The number of hydrogen-bond donors (Lipinski definition) is 2. The Morgan fingerprint density at radius 2 is 1.94 bits per heavy atom. The van der Waals surface area contributed by atoms with Gasteiger partial charge in [0.05, 0.1) is 5.52 Å². The number of piperidine rings is 1. The number of nitrogens with zero attached hydrogens (tertiary/aromatic N) is 1. The van der Waals surface area contributed by atoms with Crippen molar-refractivity contribution in [1.29, 1.82) is 0 Å². The van der Waals surface area contributed by atoms with Crippen LogP contribution in [0.2, 0.25) is 0 Å². The zero-order chi connectivity index (χ0) is 11.7. The van der Waals surface area contributed by atoms with Crippen molar-refractivity contribution in [3.05, 3.63) is 40.4 Å². The average molecular weight is 229 g/mol. The first-order valence-electron chi connectivity index (χ1n) is 6.04. The summed E-state index contributed by atoms with van der Waals surface area (Å²) in [5, 5.41) is 4.42. The van der Waals surface area contributed by atoms with Crippen LogP contribution in [0.1, 0.15) is 24.5 Å². The maximum Gasteiger partial charge on any atom is 0.345 e. The summed E-state index contributed by atoms with van der Waals surface area (Å²) in [6, 6.07) is 7.85. The molecule has 1 fully saturated rings. The van der Waals surface area contributed by atoms with Gasteiger partial charge in [-0.25, -0.2) is 4.79 Å². The van der Waals surface area contributed by atoms with Gasteiger partial charge in [0.2, 0.25) is 0 Å². The van der Waals surface area contributed by atoms with Crippen LogP contribution in [0.15, 0.2) is 29.1 Å². The minimum atomic E-state index is -0.239. The molecule has 2 heterocycles. The summed E-state index contributed by atoms with van der Waals surface area (Å²) in [7, 11) is 0. The largest absolute Gasteiger partial charge is 0.345 e. The van der Waals surface area contributed by atoms with E-state index in [0.29, 0.717) is 5.92 Å². The van der Waals surface area contributed by atoms with Gasteiger partial charge < -0.3 is 10.3 Å². The smallest absolute Gasteiger partial charge is 0.317 e. The molecule has 0 amide bonds. The summed E-state index contributed by atoms with van der Waals surface area (Å²) in [5.41, 5.74) is 1.61. The lowest BCUT2D eigenvalue weighted by Gasteiger charge is -2.23. The topological polar surface area (TPSA) is 57.8 Å². The van der Waals surface area contributed by atoms with E-state index in [1.54, 1.807) is 0 Å². The Kier molecular flexibility index (Phi) is 2.65. The van der Waals surface area contributed by atoms with Crippen LogP contribution >= 0.6 is 0 Å². The Morgan fingerprint density at radius 1 is 1.18 bits per heavy atom. The molecule has 4 nitrogen and oxygen atoms in total. The summed E-state index contributed by atoms with van der Waals surface area (Å²) < 4.78 is 0. The maximum absolute atomic E-state index is 11.6. The Hall–Kier alpha value is -1.68. The van der Waals surface area contributed by atoms with Crippen LogP contribution in [0, 0.1) is 0 Å². The van der Waals surface area contributed by atoms with Gasteiger partial charge in [0.25, 0.3) is 0 Å². The van der Waals surface area contributed by atoms with Crippen LogP contribution in [-0.2, 0) is 0 Å². The number of hydrogen-bond acceptors (Lipinski definition) is 3. The predicted octanol–water partition coefficient (Wildman–Crippen LogP) is 1.39. The fourth-order valence-corrected chi connectivity index (χ4v) is 2.55. The molecule has 2 N–H and O–H groups in total. The molecule has 88 valence electrons. The maximum atomic E-state index is 11.6. The lowest BCUT2D eigenvalue weighted by atomic mass is 9.92. The standard InChI is InChI=1S/C13H15N3O/c17-13-15-11-4-2-1-3-10(11)12(16-13)9-5-7-14-8-6-9/h1-4,9,14H,5-8H2,(H,15,16,17). The molecule has 0 spiro atoms. The van der Waals surface area contributed by atoms with Crippen molar-refractivity contribution in [3.8, 4) is 0 Å². The van der Waals surface area contributed by atoms with Gasteiger partial charge in [0.15, 0.2) is 0 Å². The normalized spacial score (nSPS) is 17.4. The van der Waals surface area contributed by atoms with Gasteiger partial charge in [0, 0.05) is 17.0 Å². The molecule has 1 aromatic carbocycles. The van der Waals surface area contributed by atoms with E-state index in [1.165, 1.54) is 0 Å². The highest BCUT2D eigenvalue weighted by molar-refractivity contribution is 5.80. The molecule has 0 aliphatic carbocycles. The van der Waals surface area contributed by atoms with E-state index in [2.05, 4.69) is 15.3 Å². The van der Waals surface area contributed by atoms with E-state index >= 15 is 0 Å². The van der Waals surface area contributed by atoms with Crippen molar-refractivity contribution in [2.45, 2.75) is 18.8 Å². The van der Waals surface area contributed by atoms with Gasteiger partial charge in [-0.3, -0.25) is 0 Å². The van der Waals surface area contributed by atoms with Crippen LogP contribution in [0.25, 0.3) is 10.9 Å². The SMILES string of the molecule is O=c1nc2ccccc2c(C2CCNCC2)[nH]1. The van der Waals surface area contributed by atoms with Gasteiger partial charge >= 0.3 is 5.69 Å². The number of H-pyrrole nitrogens is 1. The third-order valence-electron chi connectivity index (χ3n) is 3.41. The number of aromatic nitrogens is 2. The molecule has 1 saturated heterocycles. The second kappa shape index (κ2) is 4.30. The molecule has 0 unspecified atom stereocenters. The van der Waals surface area contributed by atoms with Crippen molar-refractivity contribution < 1.29 is 0 Å². The lowest BCUT2D eigenvalue weighted by molar-refractivity contribution is 0.454. The van der Waals surface area contributed by atoms with Crippen molar-refractivity contribution >= 4 is 10.9 Å². The molecule has 0 radical (unpaired) electrons. The number of nitrogens with one attached hydrogen (secondary N) is 2. The third kappa shape index (κ3) is 1.96. The van der Waals surface area contributed by atoms with Crippen LogP contribution in [-0.4, -0.2) is 23.1 Å². The summed E-state index contributed by atoms with van der Waals surface area (Å²) in [4.78, 5) is 18.5. The first-order chi connectivity index (χ1) is 8.34. The molecule has 3 rings (SSSR count). The van der Waals surface area contributed by atoms with Crippen molar-refractivity contribution in [2.75, 3.05) is 13.1 Å². The summed E-state index contributed by atoms with van der Waals surface area (Å²) >= 11 is 0. The van der Waals surface area contributed by atoms with Gasteiger partial charge in [0.1, 0.15) is 0 Å². The van der Waals surface area contributed by atoms with Gasteiger partial charge in [-0.2, -0.15) is 4.98 Å². The fraction of sp³-hybridized carbons (Fsp3) is 0.385. The van der Waals surface area contributed by atoms with Crippen LogP contribution in [0.3, 0.4) is 0 Å². The molecule has 0 bridgehead atoms. The number of aromatic amines is 1. The molecule has 0 saturated carbocycles.